The van der Waals surface area contributed by atoms with Gasteiger partial charge >= 0.3 is 5.97 Å². The first-order chi connectivity index (χ1) is 14.3. The van der Waals surface area contributed by atoms with Crippen molar-refractivity contribution in [2.45, 2.75) is 45.6 Å². The molecule has 0 unspecified atom stereocenters. The summed E-state index contributed by atoms with van der Waals surface area (Å²) in [7, 11) is 0. The van der Waals surface area contributed by atoms with E-state index in [9.17, 15) is 4.79 Å². The van der Waals surface area contributed by atoms with Gasteiger partial charge in [-0.25, -0.2) is 4.99 Å². The van der Waals surface area contributed by atoms with Gasteiger partial charge in [-0.1, -0.05) is 24.3 Å². The topological polar surface area (TPSA) is 110 Å². The van der Waals surface area contributed by atoms with E-state index in [1.54, 1.807) is 12.4 Å². The second-order valence-corrected chi connectivity index (χ2v) is 7.77. The van der Waals surface area contributed by atoms with E-state index in [1.165, 1.54) is 0 Å². The summed E-state index contributed by atoms with van der Waals surface area (Å²) in [5.74, 6) is -0.429. The number of allylic oxidation sites excluding steroid dienone is 1. The molecule has 30 heavy (non-hydrogen) atoms. The number of unbranched alkanes of at least 4 members (excludes halogenated alkanes) is 1. The lowest BCUT2D eigenvalue weighted by atomic mass is 9.97. The number of guanidine groups is 1. The maximum atomic E-state index is 10.8. The highest BCUT2D eigenvalue weighted by molar-refractivity contribution is 5.86. The van der Waals surface area contributed by atoms with Crippen molar-refractivity contribution in [2.24, 2.45) is 4.99 Å². The van der Waals surface area contributed by atoms with Crippen molar-refractivity contribution in [3.8, 4) is 6.19 Å². The largest absolute Gasteiger partial charge is 0.481 e. The van der Waals surface area contributed by atoms with Crippen LogP contribution in [0.1, 0.15) is 51.2 Å². The first-order valence-corrected chi connectivity index (χ1v) is 9.73. The summed E-state index contributed by atoms with van der Waals surface area (Å²) in [5, 5.41) is 23.7. The molecule has 156 valence electrons. The average molecular weight is 406 g/mol. The van der Waals surface area contributed by atoms with Crippen molar-refractivity contribution in [1.29, 1.82) is 5.26 Å². The van der Waals surface area contributed by atoms with Gasteiger partial charge in [0.1, 0.15) is 0 Å². The van der Waals surface area contributed by atoms with Gasteiger partial charge in [0.05, 0.1) is 5.69 Å². The van der Waals surface area contributed by atoms with Gasteiger partial charge in [-0.05, 0) is 62.9 Å². The van der Waals surface area contributed by atoms with E-state index in [4.69, 9.17) is 10.4 Å². The maximum absolute atomic E-state index is 10.8. The van der Waals surface area contributed by atoms with Crippen LogP contribution in [0, 0.1) is 11.5 Å². The van der Waals surface area contributed by atoms with Gasteiger partial charge in [0, 0.05) is 29.9 Å². The van der Waals surface area contributed by atoms with Crippen molar-refractivity contribution in [2.75, 3.05) is 0 Å². The van der Waals surface area contributed by atoms with Gasteiger partial charge in [0.2, 0.25) is 5.96 Å². The third-order valence-corrected chi connectivity index (χ3v) is 3.98. The average Bonchev–Trinajstić information content (AvgIpc) is 2.67. The smallest absolute Gasteiger partial charge is 0.303 e. The highest BCUT2D eigenvalue weighted by Gasteiger charge is 2.13. The number of nitrogens with zero attached hydrogens (tertiary/aromatic N) is 3. The number of aliphatic imine (C=N–C) groups is 1. The van der Waals surface area contributed by atoms with Gasteiger partial charge in [-0.3, -0.25) is 15.1 Å². The van der Waals surface area contributed by atoms with Crippen LogP contribution in [-0.4, -0.2) is 27.6 Å². The second kappa shape index (κ2) is 10.8. The Hall–Kier alpha value is -3.66. The van der Waals surface area contributed by atoms with E-state index in [1.807, 2.05) is 69.4 Å². The minimum atomic E-state index is -0.800. The first-order valence-electron chi connectivity index (χ1n) is 9.73. The predicted molar refractivity (Wildman–Crippen MR) is 118 cm³/mol. The molecule has 0 atom stereocenters. The summed E-state index contributed by atoms with van der Waals surface area (Å²) in [6.45, 7) is 5.95. The lowest BCUT2D eigenvalue weighted by molar-refractivity contribution is -0.137. The van der Waals surface area contributed by atoms with Gasteiger partial charge < -0.3 is 10.4 Å². The molecule has 0 fully saturated rings. The molecule has 2 aromatic rings. The molecule has 1 aromatic heterocycles. The molecule has 3 N–H and O–H groups in total. The van der Waals surface area contributed by atoms with Crippen LogP contribution < -0.4 is 10.6 Å². The van der Waals surface area contributed by atoms with Crippen molar-refractivity contribution < 1.29 is 9.90 Å². The number of aliphatic carboxylic acids is 1. The summed E-state index contributed by atoms with van der Waals surface area (Å²) in [6.07, 6.45) is 8.75. The van der Waals surface area contributed by atoms with E-state index < -0.39 is 5.97 Å². The van der Waals surface area contributed by atoms with E-state index in [-0.39, 0.29) is 12.0 Å². The van der Waals surface area contributed by atoms with Crippen LogP contribution >= 0.6 is 0 Å². The third-order valence-electron chi connectivity index (χ3n) is 3.98. The lowest BCUT2D eigenvalue weighted by Crippen LogP contribution is -2.46. The van der Waals surface area contributed by atoms with Crippen molar-refractivity contribution in [3.05, 3.63) is 66.0 Å². The van der Waals surface area contributed by atoms with E-state index in [2.05, 4.69) is 20.6 Å². The SMILES string of the molecule is CC(C)(C)NC(=Nc1cccc(/C(=C\CCCC(=O)O)c2cccnc2)c1)NC#N. The van der Waals surface area contributed by atoms with E-state index in [0.29, 0.717) is 24.5 Å². The zero-order chi connectivity index (χ0) is 22.0. The highest BCUT2D eigenvalue weighted by atomic mass is 16.4. The van der Waals surface area contributed by atoms with Gasteiger partial charge in [0.25, 0.3) is 0 Å². The number of pyridine rings is 1. The number of rotatable bonds is 7. The Morgan fingerprint density at radius 2 is 2.03 bits per heavy atom. The Morgan fingerprint density at radius 1 is 1.27 bits per heavy atom. The Morgan fingerprint density at radius 3 is 2.67 bits per heavy atom. The van der Waals surface area contributed by atoms with Crippen LogP contribution in [0.2, 0.25) is 0 Å². The van der Waals surface area contributed by atoms with Crippen LogP contribution in [0.3, 0.4) is 0 Å². The van der Waals surface area contributed by atoms with Crippen LogP contribution in [0.25, 0.3) is 5.57 Å². The fourth-order valence-corrected chi connectivity index (χ4v) is 2.79. The number of carboxylic acids is 1. The van der Waals surface area contributed by atoms with Gasteiger partial charge in [0.15, 0.2) is 6.19 Å². The van der Waals surface area contributed by atoms with E-state index in [0.717, 1.165) is 16.7 Å². The quantitative estimate of drug-likeness (QED) is 0.209. The summed E-state index contributed by atoms with van der Waals surface area (Å²) >= 11 is 0. The zero-order valence-corrected chi connectivity index (χ0v) is 17.5. The normalized spacial score (nSPS) is 12.2. The molecule has 0 saturated heterocycles. The number of hydrogen-bond donors (Lipinski definition) is 3. The zero-order valence-electron chi connectivity index (χ0n) is 17.5. The van der Waals surface area contributed by atoms with Gasteiger partial charge in [-0.15, -0.1) is 0 Å². The molecule has 2 rings (SSSR count). The molecular formula is C23H27N5O2. The molecule has 0 amide bonds. The Labute approximate surface area is 177 Å². The van der Waals surface area contributed by atoms with Crippen LogP contribution in [0.5, 0.6) is 0 Å². The Kier molecular flexibility index (Phi) is 8.12. The molecular weight excluding hydrogens is 378 g/mol. The second-order valence-electron chi connectivity index (χ2n) is 7.77. The number of aromatic nitrogens is 1. The van der Waals surface area contributed by atoms with Crippen molar-refractivity contribution in [3.63, 3.8) is 0 Å². The summed E-state index contributed by atoms with van der Waals surface area (Å²) < 4.78 is 0. The van der Waals surface area contributed by atoms with Gasteiger partial charge in [-0.2, -0.15) is 5.26 Å². The molecule has 1 heterocycles. The Bertz CT molecular complexity index is 954. The van der Waals surface area contributed by atoms with Crippen LogP contribution in [0.15, 0.2) is 59.9 Å². The number of nitriles is 1. The molecule has 0 radical (unpaired) electrons. The summed E-state index contributed by atoms with van der Waals surface area (Å²) in [6, 6.07) is 11.5. The fourth-order valence-electron chi connectivity index (χ4n) is 2.79. The predicted octanol–water partition coefficient (Wildman–Crippen LogP) is 4.21. The molecule has 0 saturated carbocycles. The Balaban J connectivity index is 2.38. The number of carbonyl (C=O) groups is 1. The molecule has 0 aliphatic rings. The molecule has 0 spiro atoms. The minimum absolute atomic E-state index is 0.128. The third kappa shape index (κ3) is 7.76. The fraction of sp³-hybridized carbons (Fsp3) is 0.304. The molecule has 1 aromatic carbocycles. The highest BCUT2D eigenvalue weighted by Crippen LogP contribution is 2.27. The molecule has 0 aliphatic heterocycles. The standard InChI is InChI=1S/C23H27N5O2/c1-23(2,3)28-22(26-16-24)27-19-10-6-8-17(14-19)20(11-4-5-12-21(29)30)18-9-7-13-25-15-18/h6-11,13-15H,4-5,12H2,1-3H3,(H,29,30)(H2,26,27,28)/b20-11+. The number of carboxylic acid groups (broad SMARTS) is 1. The van der Waals surface area contributed by atoms with Crippen molar-refractivity contribution >= 4 is 23.2 Å². The van der Waals surface area contributed by atoms with Crippen LogP contribution in [0.4, 0.5) is 5.69 Å². The summed E-state index contributed by atoms with van der Waals surface area (Å²) in [4.78, 5) is 19.5. The summed E-state index contributed by atoms with van der Waals surface area (Å²) in [5.41, 5.74) is 3.26. The molecule has 7 heteroatoms. The number of nitrogens with one attached hydrogen (secondary N) is 2. The molecule has 7 nitrogen and oxygen atoms in total. The first kappa shape index (κ1) is 22.6. The molecule has 0 bridgehead atoms. The van der Waals surface area contributed by atoms with E-state index >= 15 is 0 Å². The monoisotopic (exact) mass is 405 g/mol. The molecule has 0 aliphatic carbocycles. The minimum Gasteiger partial charge on any atom is -0.481 e. The van der Waals surface area contributed by atoms with Crippen LogP contribution in [-0.2, 0) is 4.79 Å². The lowest BCUT2D eigenvalue weighted by Gasteiger charge is -2.22. The number of hydrogen-bond acceptors (Lipinski definition) is 4. The van der Waals surface area contributed by atoms with Crippen molar-refractivity contribution in [1.82, 2.24) is 15.6 Å². The maximum Gasteiger partial charge on any atom is 0.303 e. The number of benzene rings is 1.